The first-order valence-electron chi connectivity index (χ1n) is 3.72. The van der Waals surface area contributed by atoms with Gasteiger partial charge in [0.15, 0.2) is 0 Å². The van der Waals surface area contributed by atoms with E-state index in [-0.39, 0.29) is 3.23 Å². The zero-order valence-corrected chi connectivity index (χ0v) is 10.9. The molecule has 0 saturated heterocycles. The molecule has 0 nitrogen and oxygen atoms in total. The SMILES string of the molecule is C=C(C)C=CC(Br)(Br)C=C(C)C. The number of hydrogen-bond donors (Lipinski definition) is 0. The Hall–Kier alpha value is 0.180. The minimum absolute atomic E-state index is 0.224. The standard InChI is InChI=1S/C10H14Br2/c1-8(2)5-6-10(11,12)7-9(3)4/h5-7H,1H2,2-4H3. The van der Waals surface area contributed by atoms with Gasteiger partial charge < -0.3 is 0 Å². The molecular weight excluding hydrogens is 280 g/mol. The van der Waals surface area contributed by atoms with E-state index in [4.69, 9.17) is 0 Å². The molecule has 0 aliphatic rings. The average Bonchev–Trinajstić information content (AvgIpc) is 1.81. The third kappa shape index (κ3) is 6.86. The van der Waals surface area contributed by atoms with Crippen molar-refractivity contribution in [2.75, 3.05) is 0 Å². The lowest BCUT2D eigenvalue weighted by Crippen LogP contribution is -2.01. The molecule has 0 aromatic rings. The van der Waals surface area contributed by atoms with Crippen LogP contribution in [0.15, 0.2) is 36.0 Å². The number of allylic oxidation sites excluding steroid dienone is 5. The predicted molar refractivity (Wildman–Crippen MR) is 64.0 cm³/mol. The van der Waals surface area contributed by atoms with Gasteiger partial charge in [-0.3, -0.25) is 0 Å². The van der Waals surface area contributed by atoms with Gasteiger partial charge in [0.1, 0.15) is 3.23 Å². The molecule has 68 valence electrons. The quantitative estimate of drug-likeness (QED) is 0.406. The van der Waals surface area contributed by atoms with Crippen LogP contribution in [0, 0.1) is 0 Å². The van der Waals surface area contributed by atoms with Crippen LogP contribution in [-0.4, -0.2) is 3.23 Å². The molecule has 0 N–H and O–H groups in total. The fourth-order valence-electron chi connectivity index (χ4n) is 0.686. The summed E-state index contributed by atoms with van der Waals surface area (Å²) in [6.07, 6.45) is 6.08. The second kappa shape index (κ2) is 5.03. The summed E-state index contributed by atoms with van der Waals surface area (Å²) in [5.41, 5.74) is 2.30. The molecule has 0 amide bonds. The van der Waals surface area contributed by atoms with E-state index in [0.29, 0.717) is 0 Å². The van der Waals surface area contributed by atoms with Gasteiger partial charge >= 0.3 is 0 Å². The maximum Gasteiger partial charge on any atom is 0.117 e. The maximum absolute atomic E-state index is 3.79. The molecule has 0 aliphatic heterocycles. The molecule has 0 fully saturated rings. The third-order valence-electron chi connectivity index (χ3n) is 1.07. The Kier molecular flexibility index (Phi) is 5.10. The smallest absolute Gasteiger partial charge is 0.0961 e. The van der Waals surface area contributed by atoms with Gasteiger partial charge in [0, 0.05) is 0 Å². The van der Waals surface area contributed by atoms with E-state index in [1.165, 1.54) is 5.57 Å². The highest BCUT2D eigenvalue weighted by Crippen LogP contribution is 2.31. The lowest BCUT2D eigenvalue weighted by atomic mass is 10.2. The highest BCUT2D eigenvalue weighted by molar-refractivity contribution is 9.25. The van der Waals surface area contributed by atoms with Crippen molar-refractivity contribution in [3.05, 3.63) is 36.0 Å². The molecule has 0 radical (unpaired) electrons. The van der Waals surface area contributed by atoms with Crippen LogP contribution < -0.4 is 0 Å². The Bertz CT molecular complexity index is 218. The van der Waals surface area contributed by atoms with Gasteiger partial charge in [-0.15, -0.1) is 0 Å². The van der Waals surface area contributed by atoms with Gasteiger partial charge in [0.25, 0.3) is 0 Å². The summed E-state index contributed by atoms with van der Waals surface area (Å²) in [5.74, 6) is 0. The molecule has 0 aromatic heterocycles. The van der Waals surface area contributed by atoms with E-state index in [9.17, 15) is 0 Å². The Balaban J connectivity index is 4.42. The summed E-state index contributed by atoms with van der Waals surface area (Å²) in [6.45, 7) is 9.88. The van der Waals surface area contributed by atoms with Crippen LogP contribution in [0.3, 0.4) is 0 Å². The Morgan fingerprint density at radius 2 is 1.75 bits per heavy atom. The first-order chi connectivity index (χ1) is 5.33. The van der Waals surface area contributed by atoms with E-state index in [0.717, 1.165) is 5.57 Å². The summed E-state index contributed by atoms with van der Waals surface area (Å²) >= 11 is 7.05. The largest absolute Gasteiger partial charge is 0.117 e. The highest BCUT2D eigenvalue weighted by atomic mass is 79.9. The molecule has 0 unspecified atom stereocenters. The van der Waals surface area contributed by atoms with Gasteiger partial charge in [-0.1, -0.05) is 67.8 Å². The van der Waals surface area contributed by atoms with Crippen molar-refractivity contribution in [1.82, 2.24) is 0 Å². The lowest BCUT2D eigenvalue weighted by Gasteiger charge is -2.10. The molecule has 0 bridgehead atoms. The molecule has 2 heteroatoms. The van der Waals surface area contributed by atoms with Crippen LogP contribution in [0.5, 0.6) is 0 Å². The van der Waals surface area contributed by atoms with Gasteiger partial charge in [-0.25, -0.2) is 0 Å². The van der Waals surface area contributed by atoms with E-state index in [1.54, 1.807) is 0 Å². The molecule has 0 rings (SSSR count). The molecule has 0 heterocycles. The summed E-state index contributed by atoms with van der Waals surface area (Å²) in [4.78, 5) is 0. The van der Waals surface area contributed by atoms with Crippen LogP contribution in [0.4, 0.5) is 0 Å². The molecular formula is C10H14Br2. The van der Waals surface area contributed by atoms with Crippen molar-refractivity contribution < 1.29 is 0 Å². The first kappa shape index (κ1) is 12.2. The van der Waals surface area contributed by atoms with Crippen molar-refractivity contribution >= 4 is 31.9 Å². The van der Waals surface area contributed by atoms with Crippen LogP contribution in [0.1, 0.15) is 20.8 Å². The number of alkyl halides is 2. The first-order valence-corrected chi connectivity index (χ1v) is 5.31. The summed E-state index contributed by atoms with van der Waals surface area (Å²) in [6, 6.07) is 0. The molecule has 0 spiro atoms. The van der Waals surface area contributed by atoms with Crippen LogP contribution in [0.25, 0.3) is 0 Å². The van der Waals surface area contributed by atoms with Gasteiger partial charge in [-0.2, -0.15) is 0 Å². The van der Waals surface area contributed by atoms with E-state index in [2.05, 4.69) is 58.4 Å². The monoisotopic (exact) mass is 292 g/mol. The van der Waals surface area contributed by atoms with Gasteiger partial charge in [0.05, 0.1) is 0 Å². The van der Waals surface area contributed by atoms with Crippen LogP contribution in [-0.2, 0) is 0 Å². The number of halogens is 2. The molecule has 12 heavy (non-hydrogen) atoms. The zero-order valence-electron chi connectivity index (χ0n) is 7.70. The second-order valence-electron chi connectivity index (χ2n) is 3.08. The lowest BCUT2D eigenvalue weighted by molar-refractivity contribution is 1.26. The predicted octanol–water partition coefficient (Wildman–Crippen LogP) is 4.57. The fraction of sp³-hybridized carbons (Fsp3) is 0.400. The van der Waals surface area contributed by atoms with Crippen molar-refractivity contribution in [3.63, 3.8) is 0 Å². The molecule has 0 aromatic carbocycles. The maximum atomic E-state index is 3.79. The van der Waals surface area contributed by atoms with Crippen molar-refractivity contribution in [1.29, 1.82) is 0 Å². The van der Waals surface area contributed by atoms with Crippen molar-refractivity contribution in [2.45, 2.75) is 24.0 Å². The Morgan fingerprint density at radius 3 is 2.08 bits per heavy atom. The third-order valence-corrected chi connectivity index (χ3v) is 2.06. The minimum atomic E-state index is -0.224. The minimum Gasteiger partial charge on any atom is -0.0961 e. The average molecular weight is 294 g/mol. The molecule has 0 atom stereocenters. The molecule has 0 aliphatic carbocycles. The Labute approximate surface area is 91.7 Å². The summed E-state index contributed by atoms with van der Waals surface area (Å²) < 4.78 is -0.224. The summed E-state index contributed by atoms with van der Waals surface area (Å²) in [5, 5.41) is 0. The summed E-state index contributed by atoms with van der Waals surface area (Å²) in [7, 11) is 0. The number of hydrogen-bond acceptors (Lipinski definition) is 0. The number of rotatable bonds is 3. The topological polar surface area (TPSA) is 0 Å². The van der Waals surface area contributed by atoms with E-state index in [1.807, 2.05) is 19.1 Å². The zero-order chi connectivity index (χ0) is 9.78. The Morgan fingerprint density at radius 1 is 1.25 bits per heavy atom. The van der Waals surface area contributed by atoms with Crippen LogP contribution in [0.2, 0.25) is 0 Å². The van der Waals surface area contributed by atoms with Gasteiger partial charge in [0.2, 0.25) is 0 Å². The fourth-order valence-corrected chi connectivity index (χ4v) is 1.87. The van der Waals surface area contributed by atoms with Crippen molar-refractivity contribution in [3.8, 4) is 0 Å². The van der Waals surface area contributed by atoms with E-state index >= 15 is 0 Å². The second-order valence-corrected chi connectivity index (χ2v) is 6.76. The van der Waals surface area contributed by atoms with Crippen LogP contribution >= 0.6 is 31.9 Å². The van der Waals surface area contributed by atoms with Crippen molar-refractivity contribution in [2.24, 2.45) is 0 Å². The normalized spacial score (nSPS) is 11.8. The molecule has 0 saturated carbocycles. The van der Waals surface area contributed by atoms with Gasteiger partial charge in [-0.05, 0) is 20.8 Å². The van der Waals surface area contributed by atoms with E-state index < -0.39 is 0 Å². The highest BCUT2D eigenvalue weighted by Gasteiger charge is 2.13.